The summed E-state index contributed by atoms with van der Waals surface area (Å²) in [6.45, 7) is 13.8. The molecule has 20 heteroatoms. The first-order valence-corrected chi connectivity index (χ1v) is 23.6. The number of rotatable bonds is 13. The van der Waals surface area contributed by atoms with Gasteiger partial charge >= 0.3 is 23.9 Å². The van der Waals surface area contributed by atoms with Crippen LogP contribution >= 0.6 is 0 Å². The lowest BCUT2D eigenvalue weighted by molar-refractivity contribution is -0.345. The van der Waals surface area contributed by atoms with Gasteiger partial charge in [-0.2, -0.15) is 0 Å². The molecule has 0 aromatic heterocycles. The van der Waals surface area contributed by atoms with Gasteiger partial charge in [0, 0.05) is 0 Å². The molecule has 0 amide bonds. The number of aliphatic hydroxyl groups excluding tert-OH is 7. The van der Waals surface area contributed by atoms with Crippen molar-refractivity contribution >= 4 is 23.9 Å². The first-order chi connectivity index (χ1) is 31.1. The highest BCUT2D eigenvalue weighted by molar-refractivity contribution is 5.79. The van der Waals surface area contributed by atoms with E-state index in [-0.39, 0.29) is 39.4 Å². The third-order valence-electron chi connectivity index (χ3n) is 18.3. The maximum Gasteiger partial charge on any atom is 0.337 e. The fourth-order valence-electron chi connectivity index (χ4n) is 14.3. The van der Waals surface area contributed by atoms with Gasteiger partial charge in [-0.25, -0.2) is 14.4 Å². The number of ether oxygens (including phenoxy) is 6. The average molecular weight is 957 g/mol. The summed E-state index contributed by atoms with van der Waals surface area (Å²) in [6, 6.07) is 0. The minimum Gasteiger partial charge on any atom is -0.480 e. The monoisotopic (exact) mass is 956 g/mol. The van der Waals surface area contributed by atoms with Crippen LogP contribution in [0.1, 0.15) is 113 Å². The van der Waals surface area contributed by atoms with Gasteiger partial charge in [0.2, 0.25) is 12.4 Å². The van der Waals surface area contributed by atoms with Crippen LogP contribution in [-0.2, 0) is 47.6 Å². The number of hydrogen-bond acceptors (Lipinski definition) is 17. The Morgan fingerprint density at radius 2 is 1.45 bits per heavy atom. The molecule has 6 fully saturated rings. The average Bonchev–Trinajstić information content (AvgIpc) is 3.24. The Hall–Kier alpha value is -2.86. The highest BCUT2D eigenvalue weighted by Crippen LogP contribution is 2.76. The third kappa shape index (κ3) is 8.65. The fraction of sp³-hybridized carbons (Fsp3) is 0.872. The number of carbonyl (C=O) groups is 4. The summed E-state index contributed by atoms with van der Waals surface area (Å²) in [5.41, 5.74) is -1.20. The van der Waals surface area contributed by atoms with Gasteiger partial charge in [0.25, 0.3) is 0 Å². The molecule has 2 saturated heterocycles. The van der Waals surface area contributed by atoms with Crippen LogP contribution in [0.2, 0.25) is 0 Å². The van der Waals surface area contributed by atoms with Gasteiger partial charge in [0.05, 0.1) is 18.1 Å². The summed E-state index contributed by atoms with van der Waals surface area (Å²) >= 11 is 0. The number of fused-ring (bicyclic) bond motifs is 7. The number of carboxylic acid groups (broad SMARTS) is 3. The van der Waals surface area contributed by atoms with Crippen molar-refractivity contribution in [1.29, 1.82) is 0 Å². The SMILES string of the molecule is CC1(C)CC[C@]2(C(=O)O[C@@H]3O[C@H](CO)[C@@H](O)[C@H](O)[C@H]3O)CC[C@]3(C)C(=CC[C@@H]4[C@@]5(C)CC[C@H](O[C@@H]6O[C@H](C(=O)O)[C@@H](O)[C@H](O[C@@H](OCC(=O)O)C(O)C(=O)O)[C@H]6O)C(C)(C)[C@@H]5CC[C@]43C)[C@@H]2C1. The maximum absolute atomic E-state index is 14.7. The molecule has 10 N–H and O–H groups in total. The molecule has 4 saturated carbocycles. The van der Waals surface area contributed by atoms with Crippen LogP contribution < -0.4 is 0 Å². The van der Waals surface area contributed by atoms with Crippen LogP contribution in [0.4, 0.5) is 0 Å². The first kappa shape index (κ1) is 52.0. The van der Waals surface area contributed by atoms with E-state index >= 15 is 0 Å². The van der Waals surface area contributed by atoms with Crippen molar-refractivity contribution in [1.82, 2.24) is 0 Å². The molecular weight excluding hydrogens is 884 g/mol. The summed E-state index contributed by atoms with van der Waals surface area (Å²) in [5.74, 6) is -5.54. The molecule has 1 unspecified atom stereocenters. The zero-order chi connectivity index (χ0) is 49.6. The van der Waals surface area contributed by atoms with E-state index in [1.165, 1.54) is 5.57 Å². The quantitative estimate of drug-likeness (QED) is 0.0538. The lowest BCUT2D eigenvalue weighted by atomic mass is 9.33. The van der Waals surface area contributed by atoms with Crippen molar-refractivity contribution in [2.45, 2.75) is 193 Å². The van der Waals surface area contributed by atoms with Gasteiger partial charge in [0.1, 0.15) is 49.3 Å². The van der Waals surface area contributed by atoms with Crippen molar-refractivity contribution in [3.8, 4) is 0 Å². The predicted molar refractivity (Wildman–Crippen MR) is 228 cm³/mol. The molecule has 7 rings (SSSR count). The highest BCUT2D eigenvalue weighted by Gasteiger charge is 2.70. The van der Waals surface area contributed by atoms with Crippen LogP contribution in [0.3, 0.4) is 0 Å². The number of aliphatic carboxylic acids is 3. The molecule has 0 radical (unpaired) electrons. The van der Waals surface area contributed by atoms with E-state index in [0.717, 1.165) is 32.1 Å². The number of carbonyl (C=O) groups excluding carboxylic acids is 1. The van der Waals surface area contributed by atoms with Crippen LogP contribution in [0.25, 0.3) is 0 Å². The Morgan fingerprint density at radius 1 is 0.776 bits per heavy atom. The van der Waals surface area contributed by atoms with Crippen LogP contribution in [0.5, 0.6) is 0 Å². The maximum atomic E-state index is 14.7. The Balaban J connectivity index is 1.13. The highest BCUT2D eigenvalue weighted by atomic mass is 16.7. The number of carboxylic acids is 3. The Morgan fingerprint density at radius 3 is 2.07 bits per heavy atom. The minimum absolute atomic E-state index is 0.0494. The topological polar surface area (TPSA) is 326 Å². The van der Waals surface area contributed by atoms with E-state index in [9.17, 15) is 65.1 Å². The Labute approximate surface area is 389 Å². The normalized spacial score (nSPS) is 46.5. The van der Waals surface area contributed by atoms with Gasteiger partial charge in [0.15, 0.2) is 18.7 Å². The van der Waals surface area contributed by atoms with E-state index in [1.54, 1.807) is 0 Å². The molecule has 20 atom stereocenters. The molecule has 7 aliphatic rings. The van der Waals surface area contributed by atoms with Crippen molar-refractivity contribution in [2.75, 3.05) is 13.2 Å². The number of esters is 1. The van der Waals surface area contributed by atoms with Crippen molar-refractivity contribution in [3.05, 3.63) is 11.6 Å². The van der Waals surface area contributed by atoms with Gasteiger partial charge < -0.3 is 79.5 Å². The molecule has 67 heavy (non-hydrogen) atoms. The standard InChI is InChI=1S/C47H72O20/c1-42(2)14-16-47(41(61)67-39-30(53)29(52)28(51)23(19-48)63-39)17-15-45(6)21(22(47)18-42)8-9-25-44(5)12-11-26(43(3,4)24(44)10-13-46(25,45)7)64-40-32(55)34(31(54)35(66-40)37(59)60)65-38(33(56)36(57)58)62-20-27(49)50/h8,22-26,28-35,38-40,48,51-56H,9-20H2,1-7H3,(H,49,50)(H,57,58)(H,59,60)/t22-,23+,24-,25+,26-,28+,29-,30+,31-,32+,33?,34-,35-,38+,39-,40+,44-,45+,46+,47-/m0/s1. The second-order valence-corrected chi connectivity index (χ2v) is 22.7. The summed E-state index contributed by atoms with van der Waals surface area (Å²) in [7, 11) is 0. The summed E-state index contributed by atoms with van der Waals surface area (Å²) in [4.78, 5) is 49.9. The summed E-state index contributed by atoms with van der Waals surface area (Å²) in [6.07, 6.45) is -13.8. The van der Waals surface area contributed by atoms with Gasteiger partial charge in [-0.05, 0) is 109 Å². The Bertz CT molecular complexity index is 1920. The number of aliphatic hydroxyl groups is 7. The first-order valence-electron chi connectivity index (χ1n) is 23.6. The predicted octanol–water partition coefficient (Wildman–Crippen LogP) is 1.31. The van der Waals surface area contributed by atoms with Gasteiger partial charge in [-0.15, -0.1) is 0 Å². The third-order valence-corrected chi connectivity index (χ3v) is 18.3. The molecule has 20 nitrogen and oxygen atoms in total. The van der Waals surface area contributed by atoms with E-state index in [0.29, 0.717) is 32.1 Å². The van der Waals surface area contributed by atoms with Crippen LogP contribution in [-0.4, -0.2) is 168 Å². The second kappa shape index (κ2) is 18.4. The van der Waals surface area contributed by atoms with E-state index in [1.807, 2.05) is 0 Å². The van der Waals surface area contributed by atoms with Crippen molar-refractivity contribution < 1.29 is 98.7 Å². The summed E-state index contributed by atoms with van der Waals surface area (Å²) < 4.78 is 34.2. The van der Waals surface area contributed by atoms with Crippen LogP contribution in [0.15, 0.2) is 11.6 Å². The molecule has 0 aromatic carbocycles. The lowest BCUT2D eigenvalue weighted by Gasteiger charge is -2.71. The van der Waals surface area contributed by atoms with Crippen LogP contribution in [0, 0.1) is 50.2 Å². The fourth-order valence-corrected chi connectivity index (χ4v) is 14.3. The minimum atomic E-state index is -2.48. The molecule has 2 aliphatic heterocycles. The molecule has 5 aliphatic carbocycles. The van der Waals surface area contributed by atoms with Crippen molar-refractivity contribution in [2.24, 2.45) is 50.2 Å². The molecule has 0 bridgehead atoms. The largest absolute Gasteiger partial charge is 0.480 e. The number of hydrogen-bond donors (Lipinski definition) is 10. The van der Waals surface area contributed by atoms with Gasteiger partial charge in [-0.1, -0.05) is 60.1 Å². The molecule has 0 aromatic rings. The van der Waals surface area contributed by atoms with E-state index < -0.39 is 128 Å². The van der Waals surface area contributed by atoms with Crippen molar-refractivity contribution in [3.63, 3.8) is 0 Å². The molecule has 2 heterocycles. The summed E-state index contributed by atoms with van der Waals surface area (Å²) in [5, 5.41) is 103. The second-order valence-electron chi connectivity index (χ2n) is 22.7. The molecule has 380 valence electrons. The molecule has 0 spiro atoms. The smallest absolute Gasteiger partial charge is 0.337 e. The molecular formula is C47H72O20. The Kier molecular flexibility index (Phi) is 14.3. The zero-order valence-electron chi connectivity index (χ0n) is 39.4. The van der Waals surface area contributed by atoms with Gasteiger partial charge in [-0.3, -0.25) is 4.79 Å². The van der Waals surface area contributed by atoms with E-state index in [2.05, 4.69) is 54.5 Å². The van der Waals surface area contributed by atoms with E-state index in [4.69, 9.17) is 33.5 Å². The number of allylic oxidation sites excluding steroid dienone is 2. The lowest BCUT2D eigenvalue weighted by Crippen LogP contribution is -2.66. The zero-order valence-corrected chi connectivity index (χ0v) is 39.4.